The van der Waals surface area contributed by atoms with Crippen LogP contribution in [0.15, 0.2) is 54.6 Å². The first-order chi connectivity index (χ1) is 12.0. The van der Waals surface area contributed by atoms with Gasteiger partial charge in [-0.2, -0.15) is 0 Å². The maximum atomic E-state index is 12.8. The average Bonchev–Trinajstić information content (AvgIpc) is 2.62. The Kier molecular flexibility index (Phi) is 7.43. The van der Waals surface area contributed by atoms with Crippen LogP contribution in [0.1, 0.15) is 12.5 Å². The predicted molar refractivity (Wildman–Crippen MR) is 96.3 cm³/mol. The average molecular weight is 362 g/mol. The van der Waals surface area contributed by atoms with Crippen molar-refractivity contribution < 1.29 is 18.8 Å². The maximum absolute atomic E-state index is 12.8. The Morgan fingerprint density at radius 2 is 1.80 bits per heavy atom. The van der Waals surface area contributed by atoms with Gasteiger partial charge in [0.05, 0.1) is 17.6 Å². The van der Waals surface area contributed by atoms with E-state index in [1.807, 2.05) is 30.3 Å². The second-order valence-corrected chi connectivity index (χ2v) is 6.58. The zero-order chi connectivity index (χ0) is 18.1. The molecule has 7 heteroatoms. The molecule has 132 valence electrons. The molecule has 1 atom stereocenters. The van der Waals surface area contributed by atoms with E-state index in [0.717, 1.165) is 5.56 Å². The van der Waals surface area contributed by atoms with Crippen molar-refractivity contribution in [3.8, 4) is 0 Å². The Morgan fingerprint density at radius 1 is 1.12 bits per heavy atom. The fourth-order valence-corrected chi connectivity index (χ4v) is 2.53. The molecule has 0 aliphatic heterocycles. The Balaban J connectivity index is 1.66. The lowest BCUT2D eigenvalue weighted by Crippen LogP contribution is -2.32. The van der Waals surface area contributed by atoms with E-state index in [4.69, 9.17) is 4.84 Å². The summed E-state index contributed by atoms with van der Waals surface area (Å²) in [6, 6.07) is 15.0. The van der Waals surface area contributed by atoms with E-state index >= 15 is 0 Å². The smallest absolute Gasteiger partial charge is 0.256 e. The number of anilines is 1. The number of carbonyl (C=O) groups is 2. The van der Waals surface area contributed by atoms with Crippen LogP contribution in [-0.4, -0.2) is 22.8 Å². The number of hydrogen-bond donors (Lipinski definition) is 2. The van der Waals surface area contributed by atoms with Crippen LogP contribution in [-0.2, 0) is 21.0 Å². The fraction of sp³-hybridized carbons (Fsp3) is 0.222. The lowest BCUT2D eigenvalue weighted by Gasteiger charge is -2.12. The van der Waals surface area contributed by atoms with Gasteiger partial charge in [0.2, 0.25) is 5.91 Å². The van der Waals surface area contributed by atoms with Gasteiger partial charge in [0.1, 0.15) is 5.82 Å². The molecule has 0 aliphatic rings. The van der Waals surface area contributed by atoms with E-state index in [2.05, 4.69) is 10.8 Å². The molecular weight excluding hydrogens is 343 g/mol. The molecule has 0 bridgehead atoms. The molecule has 0 heterocycles. The number of benzene rings is 2. The maximum Gasteiger partial charge on any atom is 0.256 e. The van der Waals surface area contributed by atoms with E-state index in [1.165, 1.54) is 36.0 Å². The largest absolute Gasteiger partial charge is 0.325 e. The molecule has 2 aromatic carbocycles. The number of hydrogen-bond acceptors (Lipinski definition) is 4. The first-order valence-electron chi connectivity index (χ1n) is 7.67. The molecule has 0 aliphatic carbocycles. The van der Waals surface area contributed by atoms with Crippen LogP contribution in [0, 0.1) is 5.82 Å². The Hall–Kier alpha value is -2.38. The second kappa shape index (κ2) is 9.80. The SMILES string of the molecule is CC(SCC(=O)Nc1ccc(F)cc1)C(=O)NOCc1ccccc1. The summed E-state index contributed by atoms with van der Waals surface area (Å²) >= 11 is 1.18. The molecule has 2 N–H and O–H groups in total. The van der Waals surface area contributed by atoms with E-state index in [0.29, 0.717) is 5.69 Å². The van der Waals surface area contributed by atoms with Gasteiger partial charge in [-0.1, -0.05) is 30.3 Å². The van der Waals surface area contributed by atoms with E-state index in [-0.39, 0.29) is 30.0 Å². The zero-order valence-corrected chi connectivity index (χ0v) is 14.5. The van der Waals surface area contributed by atoms with Gasteiger partial charge in [-0.25, -0.2) is 9.87 Å². The van der Waals surface area contributed by atoms with Gasteiger partial charge in [-0.05, 0) is 36.8 Å². The highest BCUT2D eigenvalue weighted by Crippen LogP contribution is 2.13. The number of amides is 2. The molecule has 0 radical (unpaired) electrons. The number of rotatable bonds is 8. The summed E-state index contributed by atoms with van der Waals surface area (Å²) in [5.41, 5.74) is 3.83. The van der Waals surface area contributed by atoms with Gasteiger partial charge in [0.15, 0.2) is 0 Å². The topological polar surface area (TPSA) is 67.4 Å². The second-order valence-electron chi connectivity index (χ2n) is 5.25. The number of carbonyl (C=O) groups excluding carboxylic acids is 2. The van der Waals surface area contributed by atoms with Gasteiger partial charge in [0.25, 0.3) is 5.91 Å². The molecule has 0 aromatic heterocycles. The minimum Gasteiger partial charge on any atom is -0.325 e. The number of nitrogens with one attached hydrogen (secondary N) is 2. The third-order valence-corrected chi connectivity index (χ3v) is 4.36. The third-order valence-electron chi connectivity index (χ3n) is 3.22. The van der Waals surface area contributed by atoms with Crippen molar-refractivity contribution in [2.75, 3.05) is 11.1 Å². The summed E-state index contributed by atoms with van der Waals surface area (Å²) in [6.45, 7) is 1.96. The summed E-state index contributed by atoms with van der Waals surface area (Å²) in [5, 5.41) is 2.19. The molecule has 0 fully saturated rings. The van der Waals surface area contributed by atoms with Crippen molar-refractivity contribution in [1.29, 1.82) is 0 Å². The Labute approximate surface area is 149 Å². The van der Waals surface area contributed by atoms with Crippen LogP contribution in [0.4, 0.5) is 10.1 Å². The Morgan fingerprint density at radius 3 is 2.48 bits per heavy atom. The van der Waals surface area contributed by atoms with Crippen LogP contribution in [0.2, 0.25) is 0 Å². The first-order valence-corrected chi connectivity index (χ1v) is 8.72. The van der Waals surface area contributed by atoms with Crippen molar-refractivity contribution in [2.45, 2.75) is 18.8 Å². The number of hydroxylamine groups is 1. The van der Waals surface area contributed by atoms with E-state index in [1.54, 1.807) is 6.92 Å². The van der Waals surface area contributed by atoms with Gasteiger partial charge in [0, 0.05) is 5.69 Å². The third kappa shape index (κ3) is 6.94. The molecule has 0 spiro atoms. The number of halogens is 1. The minimum atomic E-state index is -0.449. The van der Waals surface area contributed by atoms with Gasteiger partial charge in [-0.15, -0.1) is 11.8 Å². The van der Waals surface area contributed by atoms with Crippen molar-refractivity contribution >= 4 is 29.3 Å². The van der Waals surface area contributed by atoms with E-state index in [9.17, 15) is 14.0 Å². The summed E-state index contributed by atoms with van der Waals surface area (Å²) in [6.07, 6.45) is 0. The van der Waals surface area contributed by atoms with Crippen molar-refractivity contribution in [3.63, 3.8) is 0 Å². The van der Waals surface area contributed by atoms with Gasteiger partial charge >= 0.3 is 0 Å². The fourth-order valence-electron chi connectivity index (χ4n) is 1.85. The van der Waals surface area contributed by atoms with Crippen molar-refractivity contribution in [1.82, 2.24) is 5.48 Å². The van der Waals surface area contributed by atoms with Crippen LogP contribution in [0.5, 0.6) is 0 Å². The lowest BCUT2D eigenvalue weighted by atomic mass is 10.2. The summed E-state index contributed by atoms with van der Waals surface area (Å²) in [5.74, 6) is -0.838. The van der Waals surface area contributed by atoms with Crippen LogP contribution in [0.25, 0.3) is 0 Å². The van der Waals surface area contributed by atoms with Crippen LogP contribution in [0.3, 0.4) is 0 Å². The summed E-state index contributed by atoms with van der Waals surface area (Å²) < 4.78 is 12.8. The lowest BCUT2D eigenvalue weighted by molar-refractivity contribution is -0.133. The molecule has 25 heavy (non-hydrogen) atoms. The Bertz CT molecular complexity index is 695. The van der Waals surface area contributed by atoms with Gasteiger partial charge in [-0.3, -0.25) is 14.4 Å². The number of thioether (sulfide) groups is 1. The van der Waals surface area contributed by atoms with Crippen LogP contribution < -0.4 is 10.8 Å². The molecule has 2 rings (SSSR count). The quantitative estimate of drug-likeness (QED) is 0.708. The molecule has 2 amide bonds. The van der Waals surface area contributed by atoms with Crippen molar-refractivity contribution in [3.05, 3.63) is 66.0 Å². The molecule has 0 saturated heterocycles. The normalized spacial score (nSPS) is 11.6. The highest BCUT2D eigenvalue weighted by Gasteiger charge is 2.15. The highest BCUT2D eigenvalue weighted by atomic mass is 32.2. The standard InChI is InChI=1S/C18H19FN2O3S/c1-13(18(23)21-24-11-14-5-3-2-4-6-14)25-12-17(22)20-16-9-7-15(19)8-10-16/h2-10,13H,11-12H2,1H3,(H,20,22)(H,21,23). The molecule has 2 aromatic rings. The monoisotopic (exact) mass is 362 g/mol. The van der Waals surface area contributed by atoms with E-state index < -0.39 is 5.25 Å². The molecule has 1 unspecified atom stereocenters. The van der Waals surface area contributed by atoms with Gasteiger partial charge < -0.3 is 5.32 Å². The predicted octanol–water partition coefficient (Wildman–Crippen LogP) is 3.13. The van der Waals surface area contributed by atoms with Crippen LogP contribution >= 0.6 is 11.8 Å². The molecule has 5 nitrogen and oxygen atoms in total. The summed E-state index contributed by atoms with van der Waals surface area (Å²) in [7, 11) is 0. The first kappa shape index (κ1) is 19.0. The highest BCUT2D eigenvalue weighted by molar-refractivity contribution is 8.01. The molecule has 0 saturated carbocycles. The zero-order valence-electron chi connectivity index (χ0n) is 13.7. The van der Waals surface area contributed by atoms with Crippen molar-refractivity contribution in [2.24, 2.45) is 0 Å². The minimum absolute atomic E-state index is 0.102. The summed E-state index contributed by atoms with van der Waals surface area (Å²) in [4.78, 5) is 28.9. The molecular formula is C18H19FN2O3S.